The number of aliphatic carboxylic acids is 1. The lowest BCUT2D eigenvalue weighted by atomic mass is 9.74. The van der Waals surface area contributed by atoms with E-state index in [1.54, 1.807) is 4.90 Å². The average Bonchev–Trinajstić information content (AvgIpc) is 2.91. The topological polar surface area (TPSA) is 95.9 Å². The van der Waals surface area contributed by atoms with Crippen molar-refractivity contribution in [1.29, 1.82) is 0 Å². The van der Waals surface area contributed by atoms with Crippen molar-refractivity contribution in [2.24, 2.45) is 16.7 Å². The van der Waals surface area contributed by atoms with Crippen LogP contribution in [-0.4, -0.2) is 60.6 Å². The fourth-order valence-electron chi connectivity index (χ4n) is 3.35. The summed E-state index contributed by atoms with van der Waals surface area (Å²) in [5, 5.41) is 12.4. The molecule has 7 heteroatoms. The molecule has 0 aromatic rings. The van der Waals surface area contributed by atoms with Crippen LogP contribution in [0.1, 0.15) is 40.0 Å². The van der Waals surface area contributed by atoms with E-state index in [0.29, 0.717) is 45.6 Å². The summed E-state index contributed by atoms with van der Waals surface area (Å²) in [6.45, 7) is 7.52. The zero-order chi connectivity index (χ0) is 18.0. The molecule has 0 spiro atoms. The van der Waals surface area contributed by atoms with Crippen LogP contribution in [0.25, 0.3) is 0 Å². The van der Waals surface area contributed by atoms with E-state index in [1.165, 1.54) is 0 Å². The maximum absolute atomic E-state index is 12.4. The van der Waals surface area contributed by atoms with E-state index in [0.717, 1.165) is 0 Å². The number of nitrogens with zero attached hydrogens (tertiary/aromatic N) is 1. The van der Waals surface area contributed by atoms with Crippen molar-refractivity contribution in [2.45, 2.75) is 40.0 Å². The van der Waals surface area contributed by atoms with Gasteiger partial charge >= 0.3 is 5.97 Å². The van der Waals surface area contributed by atoms with Crippen molar-refractivity contribution in [3.05, 3.63) is 0 Å². The van der Waals surface area contributed by atoms with Crippen LogP contribution in [-0.2, 0) is 19.1 Å². The van der Waals surface area contributed by atoms with Crippen molar-refractivity contribution >= 4 is 17.8 Å². The van der Waals surface area contributed by atoms with Gasteiger partial charge in [0.2, 0.25) is 11.8 Å². The minimum atomic E-state index is -0.853. The summed E-state index contributed by atoms with van der Waals surface area (Å²) in [5.41, 5.74) is -1.29. The number of hydrogen-bond acceptors (Lipinski definition) is 4. The lowest BCUT2D eigenvalue weighted by Crippen LogP contribution is -2.45. The van der Waals surface area contributed by atoms with Gasteiger partial charge in [-0.1, -0.05) is 20.8 Å². The van der Waals surface area contributed by atoms with Gasteiger partial charge in [-0.3, -0.25) is 14.4 Å². The Kier molecular flexibility index (Phi) is 5.52. The van der Waals surface area contributed by atoms with Gasteiger partial charge in [0.05, 0.1) is 12.0 Å². The molecule has 0 bridgehead atoms. The molecule has 0 radical (unpaired) electrons. The van der Waals surface area contributed by atoms with Gasteiger partial charge in [0.25, 0.3) is 0 Å². The van der Waals surface area contributed by atoms with Crippen LogP contribution >= 0.6 is 0 Å². The third-order valence-electron chi connectivity index (χ3n) is 5.02. The molecule has 2 N–H and O–H groups in total. The summed E-state index contributed by atoms with van der Waals surface area (Å²) in [5.74, 6) is -1.05. The second kappa shape index (κ2) is 7.09. The molecule has 24 heavy (non-hydrogen) atoms. The maximum atomic E-state index is 12.4. The number of fused-ring (bicyclic) bond motifs is 1. The standard InChI is InChI=1S/C17H28N2O5/c1-16(2,3)14(21)18-7-4-5-13(20)19-9-12-10-24-8-6-17(12,11-19)15(22)23/h12H,4-11H2,1-3H3,(H,18,21)(H,22,23)/t12-,17+/m0/s1. The third kappa shape index (κ3) is 3.88. The van der Waals surface area contributed by atoms with Crippen LogP contribution in [0, 0.1) is 16.7 Å². The second-order valence-electron chi connectivity index (χ2n) is 7.87. The largest absolute Gasteiger partial charge is 0.481 e. The number of ether oxygens (including phenoxy) is 1. The van der Waals surface area contributed by atoms with Gasteiger partial charge in [-0.05, 0) is 12.8 Å². The molecule has 2 atom stereocenters. The van der Waals surface area contributed by atoms with Crippen LogP contribution in [0.2, 0.25) is 0 Å². The molecule has 2 rings (SSSR count). The van der Waals surface area contributed by atoms with Crippen molar-refractivity contribution < 1.29 is 24.2 Å². The summed E-state index contributed by atoms with van der Waals surface area (Å²) in [4.78, 5) is 37.5. The van der Waals surface area contributed by atoms with Gasteiger partial charge in [-0.25, -0.2) is 0 Å². The quantitative estimate of drug-likeness (QED) is 0.724. The number of amides is 2. The van der Waals surface area contributed by atoms with E-state index in [-0.39, 0.29) is 24.3 Å². The summed E-state index contributed by atoms with van der Waals surface area (Å²) >= 11 is 0. The number of carboxylic acid groups (broad SMARTS) is 1. The lowest BCUT2D eigenvalue weighted by Gasteiger charge is -2.33. The van der Waals surface area contributed by atoms with Crippen molar-refractivity contribution in [3.63, 3.8) is 0 Å². The fraction of sp³-hybridized carbons (Fsp3) is 0.824. The molecular weight excluding hydrogens is 312 g/mol. The first-order chi connectivity index (χ1) is 11.2. The van der Waals surface area contributed by atoms with Crippen molar-refractivity contribution in [1.82, 2.24) is 10.2 Å². The Morgan fingerprint density at radius 2 is 2.04 bits per heavy atom. The van der Waals surface area contributed by atoms with E-state index in [2.05, 4.69) is 5.32 Å². The van der Waals surface area contributed by atoms with E-state index in [1.807, 2.05) is 20.8 Å². The Hall–Kier alpha value is -1.63. The average molecular weight is 340 g/mol. The Morgan fingerprint density at radius 1 is 1.33 bits per heavy atom. The molecule has 2 aliphatic heterocycles. The number of carboxylic acids is 1. The Balaban J connectivity index is 1.82. The monoisotopic (exact) mass is 340 g/mol. The highest BCUT2D eigenvalue weighted by Crippen LogP contribution is 2.42. The summed E-state index contributed by atoms with van der Waals surface area (Å²) < 4.78 is 5.39. The molecule has 0 aromatic heterocycles. The van der Waals surface area contributed by atoms with Gasteiger partial charge in [0, 0.05) is 44.0 Å². The van der Waals surface area contributed by atoms with Crippen LogP contribution in [0.4, 0.5) is 0 Å². The van der Waals surface area contributed by atoms with Gasteiger partial charge < -0.3 is 20.1 Å². The Labute approximate surface area is 142 Å². The molecule has 136 valence electrons. The molecule has 2 heterocycles. The van der Waals surface area contributed by atoms with E-state index < -0.39 is 16.8 Å². The molecule has 2 aliphatic rings. The predicted octanol–water partition coefficient (Wildman–Crippen LogP) is 0.879. The molecule has 2 amide bonds. The summed E-state index contributed by atoms with van der Waals surface area (Å²) in [6, 6.07) is 0. The minimum absolute atomic E-state index is 0.0379. The highest BCUT2D eigenvalue weighted by Gasteiger charge is 2.54. The molecule has 0 aromatic carbocycles. The molecule has 0 aliphatic carbocycles. The summed E-state index contributed by atoms with van der Waals surface area (Å²) in [6.07, 6.45) is 1.32. The molecular formula is C17H28N2O5. The first kappa shape index (κ1) is 18.7. The number of nitrogens with one attached hydrogen (secondary N) is 1. The second-order valence-corrected chi connectivity index (χ2v) is 7.87. The molecule has 2 saturated heterocycles. The van der Waals surface area contributed by atoms with Crippen LogP contribution < -0.4 is 5.32 Å². The predicted molar refractivity (Wildman–Crippen MR) is 87.3 cm³/mol. The van der Waals surface area contributed by atoms with E-state index in [9.17, 15) is 19.5 Å². The maximum Gasteiger partial charge on any atom is 0.311 e. The van der Waals surface area contributed by atoms with Crippen LogP contribution in [0.15, 0.2) is 0 Å². The van der Waals surface area contributed by atoms with E-state index >= 15 is 0 Å². The molecule has 2 fully saturated rings. The third-order valence-corrected chi connectivity index (χ3v) is 5.02. The number of rotatable bonds is 5. The number of likely N-dealkylation sites (tertiary alicyclic amines) is 1. The number of carbonyl (C=O) groups is 3. The van der Waals surface area contributed by atoms with Gasteiger partial charge in [-0.2, -0.15) is 0 Å². The van der Waals surface area contributed by atoms with Crippen molar-refractivity contribution in [3.8, 4) is 0 Å². The minimum Gasteiger partial charge on any atom is -0.481 e. The van der Waals surface area contributed by atoms with Gasteiger partial charge in [0.15, 0.2) is 0 Å². The molecule has 0 unspecified atom stereocenters. The van der Waals surface area contributed by atoms with Gasteiger partial charge in [-0.15, -0.1) is 0 Å². The zero-order valence-corrected chi connectivity index (χ0v) is 14.8. The van der Waals surface area contributed by atoms with Gasteiger partial charge in [0.1, 0.15) is 0 Å². The van der Waals surface area contributed by atoms with Crippen molar-refractivity contribution in [2.75, 3.05) is 32.8 Å². The number of hydrogen-bond donors (Lipinski definition) is 2. The summed E-state index contributed by atoms with van der Waals surface area (Å²) in [7, 11) is 0. The van der Waals surface area contributed by atoms with E-state index in [4.69, 9.17) is 4.74 Å². The first-order valence-corrected chi connectivity index (χ1v) is 8.54. The first-order valence-electron chi connectivity index (χ1n) is 8.54. The molecule has 0 saturated carbocycles. The normalized spacial score (nSPS) is 26.8. The zero-order valence-electron chi connectivity index (χ0n) is 14.8. The highest BCUT2D eigenvalue weighted by molar-refractivity contribution is 5.82. The number of carbonyl (C=O) groups excluding carboxylic acids is 2. The fourth-order valence-corrected chi connectivity index (χ4v) is 3.35. The smallest absolute Gasteiger partial charge is 0.311 e. The lowest BCUT2D eigenvalue weighted by molar-refractivity contribution is -0.157. The Morgan fingerprint density at radius 3 is 2.62 bits per heavy atom. The van der Waals surface area contributed by atoms with Crippen LogP contribution in [0.5, 0.6) is 0 Å². The highest BCUT2D eigenvalue weighted by atomic mass is 16.5. The van der Waals surface area contributed by atoms with Crippen LogP contribution in [0.3, 0.4) is 0 Å². The SMILES string of the molecule is CC(C)(C)C(=O)NCCCC(=O)N1C[C@H]2COCC[C@@]2(C(=O)O)C1. The Bertz CT molecular complexity index is 514. The molecule has 7 nitrogen and oxygen atoms in total.